The van der Waals surface area contributed by atoms with Gasteiger partial charge in [0.2, 0.25) is 0 Å². The average Bonchev–Trinajstić information content (AvgIpc) is 3.01. The zero-order chi connectivity index (χ0) is 18.0. The van der Waals surface area contributed by atoms with Crippen molar-refractivity contribution in [1.29, 1.82) is 0 Å². The number of alkyl halides is 3. The van der Waals surface area contributed by atoms with E-state index in [0.29, 0.717) is 0 Å². The van der Waals surface area contributed by atoms with Gasteiger partial charge in [0.05, 0.1) is 5.56 Å². The lowest BCUT2D eigenvalue weighted by Gasteiger charge is -2.30. The molecule has 3 heterocycles. The van der Waals surface area contributed by atoms with Crippen molar-refractivity contribution in [1.82, 2.24) is 20.5 Å². The molecule has 0 aliphatic carbocycles. The van der Waals surface area contributed by atoms with Crippen LogP contribution in [0.4, 0.5) is 19.0 Å². The lowest BCUT2D eigenvalue weighted by Crippen LogP contribution is -2.36. The summed E-state index contributed by atoms with van der Waals surface area (Å²) in [6, 6.07) is 1.86. The predicted molar refractivity (Wildman–Crippen MR) is 84.0 cm³/mol. The van der Waals surface area contributed by atoms with E-state index in [1.165, 1.54) is 0 Å². The predicted octanol–water partition coefficient (Wildman–Crippen LogP) is 2.24. The molecular formula is C15H18F3N5O2. The number of halogens is 3. The summed E-state index contributed by atoms with van der Waals surface area (Å²) in [4.78, 5) is 15.0. The van der Waals surface area contributed by atoms with Crippen LogP contribution in [0, 0.1) is 5.92 Å². The minimum atomic E-state index is -4.55. The molecule has 2 aromatic heterocycles. The summed E-state index contributed by atoms with van der Waals surface area (Å²) in [6.45, 7) is 3.53. The van der Waals surface area contributed by atoms with E-state index in [1.807, 2.05) is 6.92 Å². The molecule has 1 unspecified atom stereocenters. The van der Waals surface area contributed by atoms with Crippen molar-refractivity contribution in [2.75, 3.05) is 18.4 Å². The van der Waals surface area contributed by atoms with Crippen molar-refractivity contribution < 1.29 is 17.6 Å². The first-order valence-corrected chi connectivity index (χ1v) is 7.96. The van der Waals surface area contributed by atoms with E-state index in [-0.39, 0.29) is 29.4 Å². The van der Waals surface area contributed by atoms with Gasteiger partial charge in [-0.1, -0.05) is 0 Å². The molecule has 1 aliphatic heterocycles. The van der Waals surface area contributed by atoms with Crippen LogP contribution in [-0.2, 0) is 6.18 Å². The fourth-order valence-electron chi connectivity index (χ4n) is 2.93. The standard InChI is InChI=1S/C15H18F3N5O2/c1-8(9-4-6-19-7-5-9)20-12-10(15(16,17)18)2-3-11(21-12)13-22-23-14(24)25-13/h2-3,8-9,19H,4-7H2,1H3,(H,20,21)(H,23,24). The number of nitrogens with one attached hydrogen (secondary N) is 3. The van der Waals surface area contributed by atoms with Crippen molar-refractivity contribution in [2.24, 2.45) is 5.92 Å². The maximum absolute atomic E-state index is 13.3. The van der Waals surface area contributed by atoms with Gasteiger partial charge >= 0.3 is 11.9 Å². The molecule has 0 aromatic carbocycles. The zero-order valence-electron chi connectivity index (χ0n) is 13.5. The van der Waals surface area contributed by atoms with Crippen LogP contribution < -0.4 is 16.4 Å². The van der Waals surface area contributed by atoms with Crippen molar-refractivity contribution in [3.8, 4) is 11.6 Å². The van der Waals surface area contributed by atoms with Crippen LogP contribution in [0.2, 0.25) is 0 Å². The third-order valence-electron chi connectivity index (χ3n) is 4.31. The lowest BCUT2D eigenvalue weighted by molar-refractivity contribution is -0.137. The molecule has 0 bridgehead atoms. The first-order valence-electron chi connectivity index (χ1n) is 7.96. The number of nitrogens with zero attached hydrogens (tertiary/aromatic N) is 2. The van der Waals surface area contributed by atoms with E-state index in [0.717, 1.165) is 38.1 Å². The highest BCUT2D eigenvalue weighted by molar-refractivity contribution is 5.56. The van der Waals surface area contributed by atoms with Gasteiger partial charge in [0, 0.05) is 6.04 Å². The average molecular weight is 357 g/mol. The fourth-order valence-corrected chi connectivity index (χ4v) is 2.93. The molecule has 0 amide bonds. The van der Waals surface area contributed by atoms with Gasteiger partial charge in [0.25, 0.3) is 5.89 Å². The first-order chi connectivity index (χ1) is 11.8. The fraction of sp³-hybridized carbons (Fsp3) is 0.533. The Kier molecular flexibility index (Phi) is 4.80. The summed E-state index contributed by atoms with van der Waals surface area (Å²) in [5.74, 6) is -0.997. The molecule has 0 radical (unpaired) electrons. The second-order valence-corrected chi connectivity index (χ2v) is 6.03. The topological polar surface area (TPSA) is 95.8 Å². The molecule has 3 rings (SSSR count). The second kappa shape index (κ2) is 6.87. The molecule has 136 valence electrons. The van der Waals surface area contributed by atoms with Crippen molar-refractivity contribution in [3.63, 3.8) is 0 Å². The Hall–Kier alpha value is -2.36. The van der Waals surface area contributed by atoms with Crippen molar-refractivity contribution in [3.05, 3.63) is 28.2 Å². The Balaban J connectivity index is 1.91. The quantitative estimate of drug-likeness (QED) is 0.777. The molecule has 10 heteroatoms. The smallest absolute Gasteiger partial charge is 0.386 e. The van der Waals surface area contributed by atoms with E-state index < -0.39 is 17.5 Å². The summed E-state index contributed by atoms with van der Waals surface area (Å²) in [6.07, 6.45) is -2.79. The molecule has 1 saturated heterocycles. The van der Waals surface area contributed by atoms with Crippen molar-refractivity contribution in [2.45, 2.75) is 32.0 Å². The highest BCUT2D eigenvalue weighted by Crippen LogP contribution is 2.36. The number of aromatic amines is 1. The normalized spacial score (nSPS) is 17.4. The monoisotopic (exact) mass is 357 g/mol. The molecule has 3 N–H and O–H groups in total. The lowest BCUT2D eigenvalue weighted by atomic mass is 9.91. The first kappa shape index (κ1) is 17.5. The molecule has 1 fully saturated rings. The highest BCUT2D eigenvalue weighted by Gasteiger charge is 2.35. The van der Waals surface area contributed by atoms with Gasteiger partial charge in [-0.05, 0) is 50.9 Å². The number of H-pyrrole nitrogens is 1. The van der Waals surface area contributed by atoms with Crippen LogP contribution >= 0.6 is 0 Å². The van der Waals surface area contributed by atoms with Crippen LogP contribution in [0.25, 0.3) is 11.6 Å². The number of piperidine rings is 1. The number of pyridine rings is 1. The summed E-state index contributed by atoms with van der Waals surface area (Å²) in [5.41, 5.74) is -0.818. The Morgan fingerprint density at radius 1 is 1.32 bits per heavy atom. The summed E-state index contributed by atoms with van der Waals surface area (Å²) < 4.78 is 44.7. The van der Waals surface area contributed by atoms with Crippen LogP contribution in [0.1, 0.15) is 25.3 Å². The van der Waals surface area contributed by atoms with E-state index in [4.69, 9.17) is 4.42 Å². The summed E-state index contributed by atoms with van der Waals surface area (Å²) >= 11 is 0. The van der Waals surface area contributed by atoms with Gasteiger partial charge in [-0.25, -0.2) is 14.9 Å². The maximum Gasteiger partial charge on any atom is 0.434 e. The second-order valence-electron chi connectivity index (χ2n) is 6.03. The largest absolute Gasteiger partial charge is 0.434 e. The van der Waals surface area contributed by atoms with Gasteiger partial charge in [-0.15, -0.1) is 5.10 Å². The molecular weight excluding hydrogens is 339 g/mol. The zero-order valence-corrected chi connectivity index (χ0v) is 13.5. The van der Waals surface area contributed by atoms with Crippen LogP contribution in [-0.4, -0.2) is 34.3 Å². The third-order valence-corrected chi connectivity index (χ3v) is 4.31. The van der Waals surface area contributed by atoms with Crippen LogP contribution in [0.15, 0.2) is 21.3 Å². The molecule has 25 heavy (non-hydrogen) atoms. The number of aromatic nitrogens is 3. The molecule has 0 saturated carbocycles. The number of hydrogen-bond acceptors (Lipinski definition) is 6. The Bertz CT molecular complexity index is 780. The Morgan fingerprint density at radius 3 is 2.64 bits per heavy atom. The molecule has 1 aliphatic rings. The van der Waals surface area contributed by atoms with Gasteiger partial charge in [0.1, 0.15) is 11.5 Å². The molecule has 7 nitrogen and oxygen atoms in total. The molecule has 1 atom stereocenters. The Labute approximate surface area is 141 Å². The van der Waals surface area contributed by atoms with E-state index in [9.17, 15) is 18.0 Å². The van der Waals surface area contributed by atoms with Crippen LogP contribution in [0.5, 0.6) is 0 Å². The van der Waals surface area contributed by atoms with E-state index in [1.54, 1.807) is 0 Å². The van der Waals surface area contributed by atoms with Gasteiger partial charge < -0.3 is 15.1 Å². The van der Waals surface area contributed by atoms with E-state index >= 15 is 0 Å². The van der Waals surface area contributed by atoms with Gasteiger partial charge in [-0.2, -0.15) is 13.2 Å². The van der Waals surface area contributed by atoms with Gasteiger partial charge in [0.15, 0.2) is 0 Å². The van der Waals surface area contributed by atoms with Crippen molar-refractivity contribution >= 4 is 5.82 Å². The molecule has 2 aromatic rings. The number of anilines is 1. The minimum absolute atomic E-state index is 0.0476. The summed E-state index contributed by atoms with van der Waals surface area (Å²) in [5, 5.41) is 11.8. The third kappa shape index (κ3) is 4.01. The molecule has 0 spiro atoms. The van der Waals surface area contributed by atoms with E-state index in [2.05, 4.69) is 25.8 Å². The minimum Gasteiger partial charge on any atom is -0.386 e. The Morgan fingerprint density at radius 2 is 2.04 bits per heavy atom. The number of rotatable bonds is 4. The number of hydrogen-bond donors (Lipinski definition) is 3. The summed E-state index contributed by atoms with van der Waals surface area (Å²) in [7, 11) is 0. The SMILES string of the molecule is CC(Nc1nc(-c2n[nH]c(=O)o2)ccc1C(F)(F)F)C1CCNCC1. The van der Waals surface area contributed by atoms with Gasteiger partial charge in [-0.3, -0.25) is 0 Å². The maximum atomic E-state index is 13.3. The highest BCUT2D eigenvalue weighted by atomic mass is 19.4. The van der Waals surface area contributed by atoms with Crippen LogP contribution in [0.3, 0.4) is 0 Å².